The Morgan fingerprint density at radius 1 is 1.41 bits per heavy atom. The Hall–Kier alpha value is -3.57. The highest BCUT2D eigenvalue weighted by Gasteiger charge is 2.54. The van der Waals surface area contributed by atoms with E-state index in [2.05, 4.69) is 24.9 Å². The average molecular weight is 564 g/mol. The predicted molar refractivity (Wildman–Crippen MR) is 139 cm³/mol. The molecule has 1 aromatic rings. The number of anilines is 1. The van der Waals surface area contributed by atoms with Crippen LogP contribution in [0, 0.1) is 0 Å². The summed E-state index contributed by atoms with van der Waals surface area (Å²) < 4.78 is 3.96. The van der Waals surface area contributed by atoms with Crippen molar-refractivity contribution >= 4 is 68.7 Å². The van der Waals surface area contributed by atoms with E-state index in [1.165, 1.54) is 23.8 Å². The highest BCUT2D eigenvalue weighted by atomic mass is 32.2. The Labute approximate surface area is 223 Å². The Morgan fingerprint density at radius 2 is 2.22 bits per heavy atom. The minimum absolute atomic E-state index is 0.0334. The molecule has 17 heteroatoms. The molecule has 1 fully saturated rings. The van der Waals surface area contributed by atoms with Gasteiger partial charge in [0.05, 0.1) is 5.04 Å². The second kappa shape index (κ2) is 10.1. The molecule has 2 atom stereocenters. The van der Waals surface area contributed by atoms with Crippen LogP contribution in [0.5, 0.6) is 0 Å². The molecule has 194 valence electrons. The maximum atomic E-state index is 13.1. The summed E-state index contributed by atoms with van der Waals surface area (Å²) in [5, 5.41) is 23.1. The summed E-state index contributed by atoms with van der Waals surface area (Å²) >= 11 is 3.83. The van der Waals surface area contributed by atoms with E-state index in [-0.39, 0.29) is 28.9 Å². The first-order chi connectivity index (χ1) is 17.8. The second-order valence-corrected chi connectivity index (χ2v) is 10.7. The zero-order chi connectivity index (χ0) is 26.3. The number of carboxylic acid groups (broad SMARTS) is 1. The Morgan fingerprint density at radius 3 is 2.89 bits per heavy atom. The fourth-order valence-electron chi connectivity index (χ4n) is 4.15. The maximum absolute atomic E-state index is 13.1. The van der Waals surface area contributed by atoms with Crippen molar-refractivity contribution in [2.45, 2.75) is 17.8 Å². The quantitative estimate of drug-likeness (QED) is 0.234. The number of carboxylic acids is 1. The normalized spacial score (nSPS) is 22.8. The van der Waals surface area contributed by atoms with Gasteiger partial charge in [0.1, 0.15) is 30.0 Å². The molecule has 5 rings (SSSR count). The molecule has 0 radical (unpaired) electrons. The largest absolute Gasteiger partial charge is 0.477 e. The number of nitrogens with zero attached hydrogens (tertiary/aromatic N) is 7. The fourth-order valence-corrected chi connectivity index (χ4v) is 6.34. The van der Waals surface area contributed by atoms with Gasteiger partial charge in [0.25, 0.3) is 11.8 Å². The molecule has 4 N–H and O–H groups in total. The highest BCUT2D eigenvalue weighted by molar-refractivity contribution is 8.13. The zero-order valence-electron chi connectivity index (χ0n) is 19.5. The van der Waals surface area contributed by atoms with Crippen LogP contribution in [-0.2, 0) is 19.2 Å². The van der Waals surface area contributed by atoms with Crippen LogP contribution in [0.15, 0.2) is 45.8 Å². The number of aromatic nitrogens is 2. The van der Waals surface area contributed by atoms with Gasteiger partial charge in [-0.15, -0.1) is 23.5 Å². The number of amides is 2. The number of carbonyl (C=O) groups excluding carboxylic acids is 2. The minimum atomic E-state index is -1.21. The minimum Gasteiger partial charge on any atom is -0.477 e. The number of allylic oxidation sites excluding steroid dienone is 1. The van der Waals surface area contributed by atoms with Gasteiger partial charge >= 0.3 is 5.97 Å². The van der Waals surface area contributed by atoms with Crippen molar-refractivity contribution in [3.8, 4) is 0 Å². The van der Waals surface area contributed by atoms with E-state index in [1.807, 2.05) is 29.6 Å². The van der Waals surface area contributed by atoms with Gasteiger partial charge in [0, 0.05) is 42.7 Å². The third kappa shape index (κ3) is 4.53. The number of fused-ring (bicyclic) bond motifs is 2. The number of thioether (sulfide) groups is 2. The first kappa shape index (κ1) is 25.1. The number of hydrogen-bond donors (Lipinski definition) is 3. The molecule has 0 unspecified atom stereocenters. The lowest BCUT2D eigenvalue weighted by Crippen LogP contribution is -2.71. The molecule has 0 aliphatic carbocycles. The Balaban J connectivity index is 1.31. The number of rotatable bonds is 7. The van der Waals surface area contributed by atoms with E-state index >= 15 is 0 Å². The lowest BCUT2D eigenvalue weighted by Gasteiger charge is -2.49. The van der Waals surface area contributed by atoms with Gasteiger partial charge in [0.15, 0.2) is 5.13 Å². The number of β-lactam (4-membered cyclic amide) rings is 1. The standard InChI is InChI=1S/C20H21N9O5S3/c1-34-25-12(15-23-20(21)37-26-15)16(30)22-13-17(31)29-14(19(32)33)9(8-36-18(13)29)7-27-5-6-28-11(27)4-3-10(24-28)35-2/h4-6,13,18H,3,7-8H2,1-2H3,(H,22,30)(H,32,33)(H2,21,23,26)/t13-,18+/m1/s1. The van der Waals surface area contributed by atoms with Gasteiger partial charge < -0.3 is 25.9 Å². The highest BCUT2D eigenvalue weighted by Crippen LogP contribution is 2.41. The van der Waals surface area contributed by atoms with Crippen molar-refractivity contribution in [3.05, 3.63) is 41.4 Å². The van der Waals surface area contributed by atoms with E-state index in [9.17, 15) is 19.5 Å². The van der Waals surface area contributed by atoms with Crippen LogP contribution in [0.2, 0.25) is 0 Å². The molecule has 4 aliphatic heterocycles. The van der Waals surface area contributed by atoms with Crippen LogP contribution in [0.1, 0.15) is 12.2 Å². The van der Waals surface area contributed by atoms with E-state index in [4.69, 9.17) is 10.6 Å². The number of hydrogen-bond acceptors (Lipinski definition) is 14. The molecule has 0 saturated carbocycles. The molecule has 0 bridgehead atoms. The molecule has 2 amide bonds. The van der Waals surface area contributed by atoms with Gasteiger partial charge in [-0.05, 0) is 17.9 Å². The molecule has 5 heterocycles. The summed E-state index contributed by atoms with van der Waals surface area (Å²) in [5.41, 5.74) is 5.87. The average Bonchev–Trinajstić information content (AvgIpc) is 3.50. The Bertz CT molecular complexity index is 1320. The van der Waals surface area contributed by atoms with Crippen molar-refractivity contribution in [2.24, 2.45) is 10.3 Å². The van der Waals surface area contributed by atoms with Crippen LogP contribution >= 0.6 is 35.1 Å². The molecular formula is C20H21N9O5S3. The number of carbonyl (C=O) groups is 3. The van der Waals surface area contributed by atoms with Gasteiger partial charge in [-0.3, -0.25) is 14.5 Å². The van der Waals surface area contributed by atoms with Crippen molar-refractivity contribution in [3.63, 3.8) is 0 Å². The van der Waals surface area contributed by atoms with Crippen LogP contribution in [0.4, 0.5) is 5.13 Å². The Kier molecular flexibility index (Phi) is 6.82. The number of nitrogen functional groups attached to an aromatic ring is 1. The number of nitrogens with one attached hydrogen (secondary N) is 1. The predicted octanol–water partition coefficient (Wildman–Crippen LogP) is 0.220. The zero-order valence-corrected chi connectivity index (χ0v) is 22.0. The smallest absolute Gasteiger partial charge is 0.352 e. The van der Waals surface area contributed by atoms with E-state index in [1.54, 1.807) is 16.8 Å². The molecule has 1 saturated heterocycles. The summed E-state index contributed by atoms with van der Waals surface area (Å²) in [6.07, 6.45) is 8.33. The van der Waals surface area contributed by atoms with Crippen molar-refractivity contribution in [1.82, 2.24) is 29.5 Å². The van der Waals surface area contributed by atoms with Gasteiger partial charge in [0.2, 0.25) is 11.5 Å². The summed E-state index contributed by atoms with van der Waals surface area (Å²) in [4.78, 5) is 50.0. The maximum Gasteiger partial charge on any atom is 0.352 e. The third-order valence-electron chi connectivity index (χ3n) is 5.78. The van der Waals surface area contributed by atoms with Gasteiger partial charge in [-0.1, -0.05) is 5.16 Å². The number of aliphatic carboxylic acids is 1. The number of nitrogens with two attached hydrogens (primary N) is 1. The summed E-state index contributed by atoms with van der Waals surface area (Å²) in [5.74, 6) is -1.31. The summed E-state index contributed by atoms with van der Waals surface area (Å²) in [6.45, 7) is 0.284. The first-order valence-electron chi connectivity index (χ1n) is 10.8. The molecule has 4 aliphatic rings. The van der Waals surface area contributed by atoms with Gasteiger partial charge in [-0.25, -0.2) is 9.80 Å². The van der Waals surface area contributed by atoms with Crippen molar-refractivity contribution in [1.29, 1.82) is 0 Å². The van der Waals surface area contributed by atoms with E-state index < -0.39 is 29.2 Å². The lowest BCUT2D eigenvalue weighted by molar-refractivity contribution is -0.150. The SMILES string of the molecule is CON=C(C(=O)N[C@@H]1C(=O)N2C(C(=O)O)=C(CN3C=CN4N=C(SC)CC=C34)CS[C@@H]12)c1nsc(N)n1. The third-order valence-corrected chi connectivity index (χ3v) is 8.38. The molecular weight excluding hydrogens is 542 g/mol. The monoisotopic (exact) mass is 563 g/mol. The number of oxime groups is 1. The van der Waals surface area contributed by atoms with Crippen molar-refractivity contribution in [2.75, 3.05) is 31.4 Å². The number of hydrazone groups is 1. The second-order valence-electron chi connectivity index (χ2n) is 7.93. The molecule has 14 nitrogen and oxygen atoms in total. The van der Waals surface area contributed by atoms with Crippen LogP contribution in [0.3, 0.4) is 0 Å². The lowest BCUT2D eigenvalue weighted by atomic mass is 10.0. The summed E-state index contributed by atoms with van der Waals surface area (Å²) in [7, 11) is 1.26. The van der Waals surface area contributed by atoms with Crippen LogP contribution < -0.4 is 11.1 Å². The van der Waals surface area contributed by atoms with Crippen molar-refractivity contribution < 1.29 is 24.3 Å². The molecule has 0 aromatic carbocycles. The summed E-state index contributed by atoms with van der Waals surface area (Å²) in [6, 6.07) is -0.950. The molecule has 0 spiro atoms. The van der Waals surface area contributed by atoms with E-state index in [0.717, 1.165) is 22.4 Å². The topological polar surface area (TPSA) is 179 Å². The van der Waals surface area contributed by atoms with Crippen LogP contribution in [-0.4, -0.2) is 94.9 Å². The molecule has 37 heavy (non-hydrogen) atoms. The first-order valence-corrected chi connectivity index (χ1v) is 13.8. The van der Waals surface area contributed by atoms with Crippen LogP contribution in [0.25, 0.3) is 0 Å². The van der Waals surface area contributed by atoms with E-state index in [0.29, 0.717) is 17.7 Å². The van der Waals surface area contributed by atoms with Gasteiger partial charge in [-0.2, -0.15) is 14.5 Å². The fraction of sp³-hybridized carbons (Fsp3) is 0.350. The molecule has 1 aromatic heterocycles.